The summed E-state index contributed by atoms with van der Waals surface area (Å²) in [6, 6.07) is 6.24. The van der Waals surface area contributed by atoms with Gasteiger partial charge in [0.05, 0.1) is 11.7 Å². The lowest BCUT2D eigenvalue weighted by molar-refractivity contribution is -0.136. The second-order valence-electron chi connectivity index (χ2n) is 6.10. The van der Waals surface area contributed by atoms with Crippen LogP contribution in [-0.2, 0) is 18.4 Å². The SMILES string of the molecule is Cc1ncccc1CN[C@@H]1CCC(=O)N(C)[C@H]1c1ccnn1C. The smallest absolute Gasteiger partial charge is 0.222 e. The molecular formula is C17H23N5O. The molecule has 0 aliphatic carbocycles. The Kier molecular flexibility index (Phi) is 4.43. The van der Waals surface area contributed by atoms with Gasteiger partial charge in [0.15, 0.2) is 0 Å². The van der Waals surface area contributed by atoms with Gasteiger partial charge < -0.3 is 10.2 Å². The number of rotatable bonds is 4. The molecule has 2 aromatic heterocycles. The molecule has 1 N–H and O–H groups in total. The van der Waals surface area contributed by atoms with Crippen molar-refractivity contribution in [2.24, 2.45) is 7.05 Å². The number of hydrogen-bond donors (Lipinski definition) is 1. The van der Waals surface area contributed by atoms with E-state index in [0.717, 1.165) is 24.4 Å². The first kappa shape index (κ1) is 15.7. The summed E-state index contributed by atoms with van der Waals surface area (Å²) in [6.45, 7) is 2.77. The third-order valence-electron chi connectivity index (χ3n) is 4.69. The van der Waals surface area contributed by atoms with E-state index in [1.165, 1.54) is 5.56 Å². The number of carbonyl (C=O) groups is 1. The Morgan fingerprint density at radius 1 is 1.30 bits per heavy atom. The number of carbonyl (C=O) groups excluding carboxylic acids is 1. The van der Waals surface area contributed by atoms with Crippen LogP contribution in [0.5, 0.6) is 0 Å². The summed E-state index contributed by atoms with van der Waals surface area (Å²) < 4.78 is 1.85. The molecule has 6 nitrogen and oxygen atoms in total. The van der Waals surface area contributed by atoms with Crippen molar-refractivity contribution in [2.75, 3.05) is 7.05 Å². The van der Waals surface area contributed by atoms with Crippen LogP contribution >= 0.6 is 0 Å². The summed E-state index contributed by atoms with van der Waals surface area (Å²) in [5.41, 5.74) is 3.29. The molecule has 0 unspecified atom stereocenters. The number of likely N-dealkylation sites (N-methyl/N-ethyl adjacent to an activating group) is 1. The zero-order valence-corrected chi connectivity index (χ0v) is 13.9. The van der Waals surface area contributed by atoms with Crippen LogP contribution in [0.3, 0.4) is 0 Å². The van der Waals surface area contributed by atoms with Crippen molar-refractivity contribution in [1.82, 2.24) is 25.0 Å². The van der Waals surface area contributed by atoms with Crippen LogP contribution in [0.15, 0.2) is 30.6 Å². The minimum absolute atomic E-state index is 0.000674. The fourth-order valence-electron chi connectivity index (χ4n) is 3.28. The van der Waals surface area contributed by atoms with Gasteiger partial charge in [0.25, 0.3) is 0 Å². The zero-order chi connectivity index (χ0) is 16.4. The normalized spacial score (nSPS) is 21.7. The predicted molar refractivity (Wildman–Crippen MR) is 87.6 cm³/mol. The number of nitrogens with zero attached hydrogens (tertiary/aromatic N) is 4. The van der Waals surface area contributed by atoms with E-state index < -0.39 is 0 Å². The Hall–Kier alpha value is -2.21. The molecule has 3 rings (SSSR count). The molecule has 2 atom stereocenters. The summed E-state index contributed by atoms with van der Waals surface area (Å²) in [6.07, 6.45) is 5.00. The third kappa shape index (κ3) is 3.12. The highest BCUT2D eigenvalue weighted by molar-refractivity contribution is 5.77. The van der Waals surface area contributed by atoms with Crippen LogP contribution < -0.4 is 5.32 Å². The van der Waals surface area contributed by atoms with Crippen LogP contribution in [0.25, 0.3) is 0 Å². The minimum atomic E-state index is 0.000674. The molecule has 0 spiro atoms. The Morgan fingerprint density at radius 2 is 2.13 bits per heavy atom. The topological polar surface area (TPSA) is 63.1 Å². The molecule has 23 heavy (non-hydrogen) atoms. The monoisotopic (exact) mass is 313 g/mol. The maximum atomic E-state index is 12.1. The van der Waals surface area contributed by atoms with E-state index >= 15 is 0 Å². The van der Waals surface area contributed by atoms with E-state index in [2.05, 4.69) is 21.5 Å². The highest BCUT2D eigenvalue weighted by Crippen LogP contribution is 2.30. The quantitative estimate of drug-likeness (QED) is 0.931. The summed E-state index contributed by atoms with van der Waals surface area (Å²) in [4.78, 5) is 18.3. The fraction of sp³-hybridized carbons (Fsp3) is 0.471. The number of aromatic nitrogens is 3. The van der Waals surface area contributed by atoms with Crippen molar-refractivity contribution in [3.63, 3.8) is 0 Å². The number of nitrogens with one attached hydrogen (secondary N) is 1. The molecule has 1 fully saturated rings. The Balaban J connectivity index is 1.80. The minimum Gasteiger partial charge on any atom is -0.336 e. The van der Waals surface area contributed by atoms with E-state index in [-0.39, 0.29) is 18.0 Å². The largest absolute Gasteiger partial charge is 0.336 e. The van der Waals surface area contributed by atoms with Crippen molar-refractivity contribution < 1.29 is 4.79 Å². The Labute approximate surface area is 136 Å². The number of piperidine rings is 1. The molecule has 3 heterocycles. The first-order valence-corrected chi connectivity index (χ1v) is 7.95. The Bertz CT molecular complexity index is 696. The Morgan fingerprint density at radius 3 is 2.83 bits per heavy atom. The summed E-state index contributed by atoms with van der Waals surface area (Å²) in [5, 5.41) is 7.88. The highest BCUT2D eigenvalue weighted by Gasteiger charge is 2.35. The first-order valence-electron chi connectivity index (χ1n) is 7.95. The fourth-order valence-corrected chi connectivity index (χ4v) is 3.28. The van der Waals surface area contributed by atoms with Gasteiger partial charge in [0.1, 0.15) is 0 Å². The van der Waals surface area contributed by atoms with Gasteiger partial charge in [-0.15, -0.1) is 0 Å². The summed E-state index contributed by atoms with van der Waals surface area (Å²) >= 11 is 0. The molecule has 0 saturated carbocycles. The van der Waals surface area contributed by atoms with Gasteiger partial charge in [-0.05, 0) is 31.0 Å². The average Bonchev–Trinajstić information content (AvgIpc) is 2.95. The van der Waals surface area contributed by atoms with E-state index in [1.54, 1.807) is 6.20 Å². The van der Waals surface area contributed by atoms with E-state index in [1.807, 2.05) is 48.9 Å². The van der Waals surface area contributed by atoms with Crippen LogP contribution in [0, 0.1) is 6.92 Å². The van der Waals surface area contributed by atoms with Gasteiger partial charge in [0, 0.05) is 51.2 Å². The molecule has 2 aromatic rings. The van der Waals surface area contributed by atoms with Gasteiger partial charge in [-0.3, -0.25) is 14.5 Å². The van der Waals surface area contributed by atoms with Gasteiger partial charge in [-0.1, -0.05) is 6.07 Å². The summed E-state index contributed by atoms with van der Waals surface area (Å²) in [7, 11) is 3.80. The first-order chi connectivity index (χ1) is 11.1. The lowest BCUT2D eigenvalue weighted by Gasteiger charge is -2.39. The van der Waals surface area contributed by atoms with Crippen molar-refractivity contribution in [2.45, 2.75) is 38.4 Å². The molecule has 0 bridgehead atoms. The molecule has 6 heteroatoms. The van der Waals surface area contributed by atoms with Gasteiger partial charge in [-0.2, -0.15) is 5.10 Å². The lowest BCUT2D eigenvalue weighted by atomic mass is 9.93. The number of amides is 1. The van der Waals surface area contributed by atoms with Gasteiger partial charge in [-0.25, -0.2) is 0 Å². The molecule has 1 saturated heterocycles. The van der Waals surface area contributed by atoms with Crippen molar-refractivity contribution in [1.29, 1.82) is 0 Å². The second kappa shape index (κ2) is 6.50. The van der Waals surface area contributed by atoms with E-state index in [9.17, 15) is 4.79 Å². The molecule has 1 amide bonds. The molecule has 122 valence electrons. The number of likely N-dealkylation sites (tertiary alicyclic amines) is 1. The van der Waals surface area contributed by atoms with Gasteiger partial charge >= 0.3 is 0 Å². The van der Waals surface area contributed by atoms with Crippen LogP contribution in [0.2, 0.25) is 0 Å². The molecule has 1 aliphatic rings. The highest BCUT2D eigenvalue weighted by atomic mass is 16.2. The maximum Gasteiger partial charge on any atom is 0.222 e. The summed E-state index contributed by atoms with van der Waals surface area (Å²) in [5.74, 6) is 0.187. The number of hydrogen-bond acceptors (Lipinski definition) is 4. The number of pyridine rings is 1. The molecule has 1 aliphatic heterocycles. The van der Waals surface area contributed by atoms with Gasteiger partial charge in [0.2, 0.25) is 5.91 Å². The third-order valence-corrected chi connectivity index (χ3v) is 4.69. The van der Waals surface area contributed by atoms with E-state index in [0.29, 0.717) is 6.42 Å². The molecule has 0 radical (unpaired) electrons. The maximum absolute atomic E-state index is 12.1. The standard InChI is InChI=1S/C17H23N5O/c1-12-13(5-4-9-18-12)11-19-14-6-7-16(23)21(2)17(14)15-8-10-20-22(15)3/h4-5,8-10,14,17,19H,6-7,11H2,1-3H3/t14-,17-/m1/s1. The average molecular weight is 313 g/mol. The van der Waals surface area contributed by atoms with Crippen molar-refractivity contribution in [3.05, 3.63) is 47.5 Å². The van der Waals surface area contributed by atoms with Crippen molar-refractivity contribution >= 4 is 5.91 Å². The van der Waals surface area contributed by atoms with Crippen LogP contribution in [-0.4, -0.2) is 38.7 Å². The zero-order valence-electron chi connectivity index (χ0n) is 13.9. The second-order valence-corrected chi connectivity index (χ2v) is 6.10. The number of aryl methyl sites for hydroxylation is 2. The predicted octanol–water partition coefficient (Wildman–Crippen LogP) is 1.58. The molecular weight excluding hydrogens is 290 g/mol. The van der Waals surface area contributed by atoms with Crippen LogP contribution in [0.1, 0.15) is 35.8 Å². The lowest BCUT2D eigenvalue weighted by Crippen LogP contribution is -2.49. The molecule has 0 aromatic carbocycles. The van der Waals surface area contributed by atoms with Crippen LogP contribution in [0.4, 0.5) is 0 Å². The van der Waals surface area contributed by atoms with E-state index in [4.69, 9.17) is 0 Å². The van der Waals surface area contributed by atoms with Crippen molar-refractivity contribution in [3.8, 4) is 0 Å².